The van der Waals surface area contributed by atoms with Crippen LogP contribution in [0.2, 0.25) is 0 Å². The molecule has 0 saturated heterocycles. The third-order valence-electron chi connectivity index (χ3n) is 4.75. The zero-order valence-electron chi connectivity index (χ0n) is 14.7. The minimum absolute atomic E-state index is 0.101. The molecule has 134 valence electrons. The van der Waals surface area contributed by atoms with E-state index in [0.717, 1.165) is 23.0 Å². The van der Waals surface area contributed by atoms with Crippen molar-refractivity contribution in [3.63, 3.8) is 0 Å². The molecule has 0 radical (unpaired) electrons. The number of rotatable bonds is 4. The number of aliphatic carboxylic acids is 1. The van der Waals surface area contributed by atoms with Crippen molar-refractivity contribution in [2.75, 3.05) is 5.75 Å². The van der Waals surface area contributed by atoms with Crippen molar-refractivity contribution >= 4 is 29.2 Å². The monoisotopic (exact) mass is 368 g/mol. The van der Waals surface area contributed by atoms with E-state index in [2.05, 4.69) is 11.1 Å². The number of thioether (sulfide) groups is 1. The first-order valence-corrected chi connectivity index (χ1v) is 9.45. The van der Waals surface area contributed by atoms with Gasteiger partial charge in [-0.05, 0) is 17.4 Å². The molecule has 0 bridgehead atoms. The number of nitrogens with zero attached hydrogens (tertiary/aromatic N) is 2. The average molecular weight is 368 g/mol. The summed E-state index contributed by atoms with van der Waals surface area (Å²) in [7, 11) is 0. The van der Waals surface area contributed by atoms with Crippen LogP contribution >= 0.6 is 11.8 Å². The second kappa shape index (κ2) is 7.08. The van der Waals surface area contributed by atoms with E-state index in [1.807, 2.05) is 44.2 Å². The van der Waals surface area contributed by atoms with Gasteiger partial charge in [-0.3, -0.25) is 9.59 Å². The molecule has 5 nitrogen and oxygen atoms in total. The van der Waals surface area contributed by atoms with Crippen molar-refractivity contribution in [2.45, 2.75) is 32.6 Å². The lowest BCUT2D eigenvalue weighted by Gasteiger charge is -2.40. The Kier molecular flexibility index (Phi) is 5.01. The second-order valence-corrected chi connectivity index (χ2v) is 8.43. The Hall–Kier alpha value is -2.39. The van der Waals surface area contributed by atoms with E-state index in [9.17, 15) is 14.9 Å². The molecule has 2 aliphatic rings. The lowest BCUT2D eigenvalue weighted by molar-refractivity contribution is -0.134. The quantitative estimate of drug-likeness (QED) is 0.873. The van der Waals surface area contributed by atoms with Crippen molar-refractivity contribution < 1.29 is 14.7 Å². The summed E-state index contributed by atoms with van der Waals surface area (Å²) >= 11 is 1.05. The minimum Gasteiger partial charge on any atom is -0.481 e. The number of benzene rings is 1. The molecule has 26 heavy (non-hydrogen) atoms. The van der Waals surface area contributed by atoms with Gasteiger partial charge in [-0.2, -0.15) is 5.26 Å². The SMILES string of the molecule is CC1(C)CC(=O)C2C(=NC(SCC(=O)O)=C(C#N)[C@H]2c2ccccc2)C1. The van der Waals surface area contributed by atoms with Crippen LogP contribution < -0.4 is 0 Å². The van der Waals surface area contributed by atoms with Gasteiger partial charge in [-0.15, -0.1) is 0 Å². The van der Waals surface area contributed by atoms with Crippen molar-refractivity contribution in [3.8, 4) is 6.07 Å². The summed E-state index contributed by atoms with van der Waals surface area (Å²) in [6.45, 7) is 4.07. The van der Waals surface area contributed by atoms with Crippen molar-refractivity contribution in [2.24, 2.45) is 16.3 Å². The predicted molar refractivity (Wildman–Crippen MR) is 101 cm³/mol. The van der Waals surface area contributed by atoms with Crippen LogP contribution in [0, 0.1) is 22.7 Å². The summed E-state index contributed by atoms with van der Waals surface area (Å²) in [6, 6.07) is 11.7. The lowest BCUT2D eigenvalue weighted by atomic mass is 9.64. The highest BCUT2D eigenvalue weighted by atomic mass is 32.2. The van der Waals surface area contributed by atoms with Gasteiger partial charge in [0.25, 0.3) is 0 Å². The standard InChI is InChI=1S/C20H20N2O3S/c1-20(2)8-14-18(15(23)9-20)17(12-6-4-3-5-7-12)13(10-21)19(22-14)26-11-16(24)25/h3-7,17-18H,8-9,11H2,1-2H3,(H,24,25)/t17-,18?/m1/s1. The third kappa shape index (κ3) is 3.58. The summed E-state index contributed by atoms with van der Waals surface area (Å²) < 4.78 is 0. The number of fused-ring (bicyclic) bond motifs is 1. The van der Waals surface area contributed by atoms with Gasteiger partial charge in [-0.25, -0.2) is 4.99 Å². The van der Waals surface area contributed by atoms with E-state index in [0.29, 0.717) is 23.4 Å². The van der Waals surface area contributed by atoms with Crippen LogP contribution in [0.5, 0.6) is 0 Å². The van der Waals surface area contributed by atoms with Gasteiger partial charge in [0.05, 0.1) is 23.3 Å². The van der Waals surface area contributed by atoms with Gasteiger partial charge in [0, 0.05) is 18.1 Å². The van der Waals surface area contributed by atoms with Gasteiger partial charge < -0.3 is 5.11 Å². The first-order valence-electron chi connectivity index (χ1n) is 8.46. The molecule has 2 atom stereocenters. The molecule has 1 aromatic rings. The van der Waals surface area contributed by atoms with Crippen LogP contribution in [0.1, 0.15) is 38.2 Å². The number of ketones is 1. The first kappa shape index (κ1) is 18.4. The topological polar surface area (TPSA) is 90.5 Å². The van der Waals surface area contributed by atoms with Crippen molar-refractivity contribution in [1.82, 2.24) is 0 Å². The molecule has 1 fully saturated rings. The number of carboxylic acid groups (broad SMARTS) is 1. The number of Topliss-reactive ketones (excluding diaryl/α,β-unsaturated/α-hetero) is 1. The zero-order chi connectivity index (χ0) is 18.9. The predicted octanol–water partition coefficient (Wildman–Crippen LogP) is 3.78. The van der Waals surface area contributed by atoms with Crippen molar-refractivity contribution in [3.05, 3.63) is 46.5 Å². The number of carboxylic acids is 1. The number of carbonyl (C=O) groups is 2. The molecule has 1 N–H and O–H groups in total. The maximum Gasteiger partial charge on any atom is 0.313 e. The largest absolute Gasteiger partial charge is 0.481 e. The lowest BCUT2D eigenvalue weighted by Crippen LogP contribution is -2.42. The van der Waals surface area contributed by atoms with E-state index in [1.165, 1.54) is 0 Å². The van der Waals surface area contributed by atoms with E-state index in [4.69, 9.17) is 5.11 Å². The Morgan fingerprint density at radius 3 is 2.62 bits per heavy atom. The Morgan fingerprint density at radius 2 is 2.00 bits per heavy atom. The molecule has 6 heteroatoms. The fourth-order valence-corrected chi connectivity index (χ4v) is 4.56. The van der Waals surface area contributed by atoms with Crippen LogP contribution in [-0.2, 0) is 9.59 Å². The van der Waals surface area contributed by atoms with Crippen LogP contribution in [0.3, 0.4) is 0 Å². The number of carbonyl (C=O) groups excluding carboxylic acids is 1. The molecule has 1 aliphatic carbocycles. The molecule has 3 rings (SSSR count). The Balaban J connectivity index is 2.13. The fourth-order valence-electron chi connectivity index (χ4n) is 3.78. The zero-order valence-corrected chi connectivity index (χ0v) is 15.5. The number of nitriles is 1. The molecule has 1 unspecified atom stereocenters. The molecule has 0 amide bonds. The van der Waals surface area contributed by atoms with Crippen LogP contribution in [-0.4, -0.2) is 28.3 Å². The molecule has 0 spiro atoms. The Morgan fingerprint density at radius 1 is 1.31 bits per heavy atom. The smallest absolute Gasteiger partial charge is 0.313 e. The van der Waals surface area contributed by atoms with E-state index < -0.39 is 17.8 Å². The molecule has 1 saturated carbocycles. The van der Waals surface area contributed by atoms with Gasteiger partial charge in [-0.1, -0.05) is 55.9 Å². The Bertz CT molecular complexity index is 850. The van der Waals surface area contributed by atoms with Gasteiger partial charge in [0.15, 0.2) is 0 Å². The molecular formula is C20H20N2O3S. The minimum atomic E-state index is -0.960. The maximum absolute atomic E-state index is 12.9. The molecule has 0 aromatic heterocycles. The molecule has 1 aliphatic heterocycles. The van der Waals surface area contributed by atoms with Crippen LogP contribution in [0.15, 0.2) is 45.9 Å². The normalized spacial score (nSPS) is 24.5. The maximum atomic E-state index is 12.9. The summed E-state index contributed by atoms with van der Waals surface area (Å²) in [4.78, 5) is 28.5. The fraction of sp³-hybridized carbons (Fsp3) is 0.400. The third-order valence-corrected chi connectivity index (χ3v) is 5.73. The molecule has 1 aromatic carbocycles. The summed E-state index contributed by atoms with van der Waals surface area (Å²) in [5.74, 6) is -1.86. The molecular weight excluding hydrogens is 348 g/mol. The summed E-state index contributed by atoms with van der Waals surface area (Å²) in [6.07, 6.45) is 1.12. The summed E-state index contributed by atoms with van der Waals surface area (Å²) in [5.41, 5.74) is 1.87. The first-order chi connectivity index (χ1) is 12.3. The highest BCUT2D eigenvalue weighted by Gasteiger charge is 2.46. The van der Waals surface area contributed by atoms with Gasteiger partial charge in [0.2, 0.25) is 0 Å². The number of allylic oxidation sites excluding steroid dienone is 1. The molecule has 1 heterocycles. The Labute approximate surface area is 156 Å². The van der Waals surface area contributed by atoms with E-state index in [-0.39, 0.29) is 17.0 Å². The summed E-state index contributed by atoms with van der Waals surface area (Å²) in [5, 5.41) is 19.2. The number of hydrogen-bond acceptors (Lipinski definition) is 5. The second-order valence-electron chi connectivity index (χ2n) is 7.47. The number of aliphatic imine (C=N–C) groups is 1. The van der Waals surface area contributed by atoms with Gasteiger partial charge >= 0.3 is 5.97 Å². The van der Waals surface area contributed by atoms with Crippen LogP contribution in [0.4, 0.5) is 0 Å². The van der Waals surface area contributed by atoms with Crippen molar-refractivity contribution in [1.29, 1.82) is 5.26 Å². The van der Waals surface area contributed by atoms with E-state index >= 15 is 0 Å². The van der Waals surface area contributed by atoms with E-state index in [1.54, 1.807) is 0 Å². The van der Waals surface area contributed by atoms with Crippen LogP contribution in [0.25, 0.3) is 0 Å². The van der Waals surface area contributed by atoms with Gasteiger partial charge in [0.1, 0.15) is 10.8 Å². The average Bonchev–Trinajstić information content (AvgIpc) is 2.58. The number of hydrogen-bond donors (Lipinski definition) is 1. The highest BCUT2D eigenvalue weighted by Crippen LogP contribution is 2.48. The highest BCUT2D eigenvalue weighted by molar-refractivity contribution is 8.03.